The zero-order valence-corrected chi connectivity index (χ0v) is 20.6. The summed E-state index contributed by atoms with van der Waals surface area (Å²) in [4.78, 5) is 33.9. The van der Waals surface area contributed by atoms with Gasteiger partial charge >= 0.3 is 0 Å². The van der Waals surface area contributed by atoms with E-state index in [0.29, 0.717) is 49.5 Å². The molecule has 0 atom stereocenters. The number of nitrogens with one attached hydrogen (secondary N) is 1. The van der Waals surface area contributed by atoms with Crippen LogP contribution < -0.4 is 15.0 Å². The van der Waals surface area contributed by atoms with E-state index in [2.05, 4.69) is 26.8 Å². The SMILES string of the molecule is C=CC(=O)N1CCN(c2ncc3ncnc(Nc4ccc(OCC5(F)CC5)c(Cl)c4F)c3n2)CC12CC2. The number of fused-ring (bicyclic) bond motifs is 1. The van der Waals surface area contributed by atoms with Crippen LogP contribution in [-0.4, -0.2) is 68.2 Å². The van der Waals surface area contributed by atoms with Crippen molar-refractivity contribution in [3.63, 3.8) is 0 Å². The summed E-state index contributed by atoms with van der Waals surface area (Å²) in [7, 11) is 0. The lowest BCUT2D eigenvalue weighted by Crippen LogP contribution is -2.57. The average molecular weight is 528 g/mol. The van der Waals surface area contributed by atoms with Gasteiger partial charge in [-0.05, 0) is 43.9 Å². The third kappa shape index (κ3) is 4.41. The molecule has 1 spiro atoms. The monoisotopic (exact) mass is 527 g/mol. The minimum absolute atomic E-state index is 0.0624. The van der Waals surface area contributed by atoms with Crippen molar-refractivity contribution < 1.29 is 18.3 Å². The van der Waals surface area contributed by atoms with Crippen LogP contribution in [0.1, 0.15) is 25.7 Å². The zero-order valence-electron chi connectivity index (χ0n) is 19.9. The number of carbonyl (C=O) groups is 1. The molecule has 2 aromatic heterocycles. The van der Waals surface area contributed by atoms with E-state index < -0.39 is 11.5 Å². The molecule has 2 saturated carbocycles. The molecule has 3 aliphatic rings. The van der Waals surface area contributed by atoms with Crippen molar-refractivity contribution >= 4 is 46.0 Å². The normalized spacial score (nSPS) is 19.1. The lowest BCUT2D eigenvalue weighted by Gasteiger charge is -2.41. The Morgan fingerprint density at radius 3 is 2.76 bits per heavy atom. The van der Waals surface area contributed by atoms with Gasteiger partial charge in [-0.2, -0.15) is 0 Å². The molecule has 1 aromatic carbocycles. The summed E-state index contributed by atoms with van der Waals surface area (Å²) >= 11 is 6.17. The van der Waals surface area contributed by atoms with Crippen molar-refractivity contribution in [3.05, 3.63) is 48.2 Å². The molecule has 192 valence electrons. The number of hydrogen-bond donors (Lipinski definition) is 1. The van der Waals surface area contributed by atoms with Crippen molar-refractivity contribution in [3.8, 4) is 5.75 Å². The number of anilines is 3. The molecule has 0 unspecified atom stereocenters. The Kier molecular flexibility index (Phi) is 5.63. The molecular formula is C25H24ClF2N7O2. The Balaban J connectivity index is 1.25. The van der Waals surface area contributed by atoms with Crippen molar-refractivity contribution in [2.24, 2.45) is 0 Å². The van der Waals surface area contributed by atoms with E-state index in [9.17, 15) is 9.18 Å². The van der Waals surface area contributed by atoms with E-state index in [0.717, 1.165) is 12.8 Å². The molecule has 3 heterocycles. The largest absolute Gasteiger partial charge is 0.489 e. The maximum absolute atomic E-state index is 15.1. The molecule has 0 bridgehead atoms. The smallest absolute Gasteiger partial charge is 0.246 e. The highest BCUT2D eigenvalue weighted by Gasteiger charge is 2.53. The molecule has 2 aliphatic carbocycles. The van der Waals surface area contributed by atoms with Crippen LogP contribution in [0.3, 0.4) is 0 Å². The van der Waals surface area contributed by atoms with Gasteiger partial charge in [0, 0.05) is 19.6 Å². The number of halogens is 3. The van der Waals surface area contributed by atoms with Crippen molar-refractivity contribution in [2.75, 3.05) is 36.5 Å². The third-order valence-corrected chi connectivity index (χ3v) is 7.50. The van der Waals surface area contributed by atoms with Crippen LogP contribution in [0.5, 0.6) is 5.75 Å². The minimum atomic E-state index is -1.35. The fraction of sp³-hybridized carbons (Fsp3) is 0.400. The van der Waals surface area contributed by atoms with Gasteiger partial charge in [0.25, 0.3) is 0 Å². The first-order valence-electron chi connectivity index (χ1n) is 12.0. The molecule has 6 rings (SSSR count). The Morgan fingerprint density at radius 2 is 2.03 bits per heavy atom. The summed E-state index contributed by atoms with van der Waals surface area (Å²) in [6.07, 6.45) is 6.97. The first-order chi connectivity index (χ1) is 17.8. The van der Waals surface area contributed by atoms with Crippen molar-refractivity contribution in [2.45, 2.75) is 36.9 Å². The van der Waals surface area contributed by atoms with Gasteiger partial charge < -0.3 is 19.9 Å². The number of alkyl halides is 1. The quantitative estimate of drug-likeness (QED) is 0.457. The summed E-state index contributed by atoms with van der Waals surface area (Å²) < 4.78 is 34.4. The second-order valence-electron chi connectivity index (χ2n) is 9.77. The van der Waals surface area contributed by atoms with Crippen LogP contribution in [0.25, 0.3) is 11.0 Å². The molecule has 3 fully saturated rings. The predicted molar refractivity (Wildman–Crippen MR) is 134 cm³/mol. The molecule has 37 heavy (non-hydrogen) atoms. The second kappa shape index (κ2) is 8.76. The summed E-state index contributed by atoms with van der Waals surface area (Å²) in [5.41, 5.74) is -0.618. The standard InChI is InChI=1S/C25H24ClF2N7O2/c1-2-18(36)35-10-9-34(12-25(35)7-8-25)23-29-11-16-21(33-23)22(31-14-30-16)32-15-3-4-17(19(26)20(15)27)37-13-24(28)5-6-24/h2-4,11,14H,1,5-10,12-13H2,(H,30,31,32). The number of piperazine rings is 1. The molecule has 1 saturated heterocycles. The van der Waals surface area contributed by atoms with Gasteiger partial charge in [-0.25, -0.2) is 28.7 Å². The molecule has 1 aliphatic heterocycles. The van der Waals surface area contributed by atoms with E-state index in [-0.39, 0.29) is 40.3 Å². The number of rotatable bonds is 7. The van der Waals surface area contributed by atoms with Crippen LogP contribution >= 0.6 is 11.6 Å². The van der Waals surface area contributed by atoms with Gasteiger partial charge in [0.1, 0.15) is 40.4 Å². The number of nitrogens with zero attached hydrogens (tertiary/aromatic N) is 6. The first-order valence-corrected chi connectivity index (χ1v) is 12.4. The van der Waals surface area contributed by atoms with E-state index in [4.69, 9.17) is 21.3 Å². The molecular weight excluding hydrogens is 504 g/mol. The Labute approximate surface area is 216 Å². The van der Waals surface area contributed by atoms with Crippen LogP contribution in [0, 0.1) is 5.82 Å². The van der Waals surface area contributed by atoms with Gasteiger partial charge in [0.2, 0.25) is 11.9 Å². The highest BCUT2D eigenvalue weighted by atomic mass is 35.5. The lowest BCUT2D eigenvalue weighted by molar-refractivity contribution is -0.129. The van der Waals surface area contributed by atoms with Crippen molar-refractivity contribution in [1.82, 2.24) is 24.8 Å². The summed E-state index contributed by atoms with van der Waals surface area (Å²) in [6, 6.07) is 2.94. The number of ether oxygens (including phenoxy) is 1. The minimum Gasteiger partial charge on any atom is -0.489 e. The number of benzene rings is 1. The number of aromatic nitrogens is 4. The van der Waals surface area contributed by atoms with E-state index in [1.807, 2.05) is 9.80 Å². The van der Waals surface area contributed by atoms with E-state index >= 15 is 4.39 Å². The van der Waals surface area contributed by atoms with Crippen LogP contribution in [0.4, 0.5) is 26.2 Å². The fourth-order valence-electron chi connectivity index (χ4n) is 4.62. The summed E-state index contributed by atoms with van der Waals surface area (Å²) in [5, 5.41) is 2.70. The maximum atomic E-state index is 15.1. The molecule has 3 aromatic rings. The molecule has 9 nitrogen and oxygen atoms in total. The fourth-order valence-corrected chi connectivity index (χ4v) is 4.84. The molecule has 0 radical (unpaired) electrons. The number of hydrogen-bond acceptors (Lipinski definition) is 8. The molecule has 1 amide bonds. The van der Waals surface area contributed by atoms with Crippen molar-refractivity contribution in [1.29, 1.82) is 0 Å². The predicted octanol–water partition coefficient (Wildman–Crippen LogP) is 4.20. The van der Waals surface area contributed by atoms with Gasteiger partial charge in [0.05, 0.1) is 17.4 Å². The highest BCUT2D eigenvalue weighted by Crippen LogP contribution is 2.45. The Hall–Kier alpha value is -3.60. The topological polar surface area (TPSA) is 96.4 Å². The average Bonchev–Trinajstić information content (AvgIpc) is 3.84. The number of amides is 1. The summed E-state index contributed by atoms with van der Waals surface area (Å²) in [5.74, 6) is 0.0196. The third-order valence-electron chi connectivity index (χ3n) is 7.15. The van der Waals surface area contributed by atoms with Gasteiger partial charge in [-0.1, -0.05) is 18.2 Å². The van der Waals surface area contributed by atoms with Crippen LogP contribution in [-0.2, 0) is 4.79 Å². The molecule has 12 heteroatoms. The zero-order chi connectivity index (χ0) is 25.8. The van der Waals surface area contributed by atoms with Crippen LogP contribution in [0.2, 0.25) is 5.02 Å². The molecule has 1 N–H and O–H groups in total. The second-order valence-corrected chi connectivity index (χ2v) is 10.1. The summed E-state index contributed by atoms with van der Waals surface area (Å²) in [6.45, 7) is 5.18. The van der Waals surface area contributed by atoms with Crippen LogP contribution in [0.15, 0.2) is 37.3 Å². The Morgan fingerprint density at radius 1 is 1.22 bits per heavy atom. The number of carbonyl (C=O) groups excluding carboxylic acids is 1. The lowest BCUT2D eigenvalue weighted by atomic mass is 10.1. The van der Waals surface area contributed by atoms with E-state index in [1.165, 1.54) is 24.5 Å². The van der Waals surface area contributed by atoms with Gasteiger partial charge in [0.15, 0.2) is 11.6 Å². The first kappa shape index (κ1) is 23.8. The van der Waals surface area contributed by atoms with E-state index in [1.54, 1.807) is 6.20 Å². The van der Waals surface area contributed by atoms with Gasteiger partial charge in [-0.3, -0.25) is 4.79 Å². The maximum Gasteiger partial charge on any atom is 0.246 e. The highest BCUT2D eigenvalue weighted by molar-refractivity contribution is 6.32. The van der Waals surface area contributed by atoms with Gasteiger partial charge in [-0.15, -0.1) is 0 Å². The Bertz CT molecular complexity index is 1410.